The van der Waals surface area contributed by atoms with Crippen molar-refractivity contribution in [1.29, 1.82) is 0 Å². The van der Waals surface area contributed by atoms with Crippen LogP contribution in [0.1, 0.15) is 37.0 Å². The van der Waals surface area contributed by atoms with Crippen molar-refractivity contribution in [1.82, 2.24) is 0 Å². The van der Waals surface area contributed by atoms with Gasteiger partial charge < -0.3 is 18.9 Å². The molecule has 0 radical (unpaired) electrons. The molecule has 0 aliphatic carbocycles. The molecule has 0 amide bonds. The highest BCUT2D eigenvalue weighted by molar-refractivity contribution is 5.99. The fraction of sp³-hybridized carbons (Fsp3) is 0.562. The maximum absolute atomic E-state index is 12.4. The van der Waals surface area contributed by atoms with Crippen LogP contribution in [-0.4, -0.2) is 39.8 Å². The Labute approximate surface area is 126 Å². The van der Waals surface area contributed by atoms with E-state index in [2.05, 4.69) is 0 Å². The van der Waals surface area contributed by atoms with Crippen LogP contribution < -0.4 is 14.2 Å². The second-order valence-electron chi connectivity index (χ2n) is 5.29. The predicted molar refractivity (Wildman–Crippen MR) is 80.8 cm³/mol. The van der Waals surface area contributed by atoms with Crippen molar-refractivity contribution < 1.29 is 23.7 Å². The Balaban J connectivity index is 3.02. The minimum absolute atomic E-state index is 0.0158. The van der Waals surface area contributed by atoms with Crippen molar-refractivity contribution in [2.75, 3.05) is 28.4 Å². The molecule has 0 bridgehead atoms. The first-order valence-electron chi connectivity index (χ1n) is 6.77. The summed E-state index contributed by atoms with van der Waals surface area (Å²) in [7, 11) is 6.24. The second-order valence-corrected chi connectivity index (χ2v) is 5.29. The molecule has 0 unspecified atom stereocenters. The average Bonchev–Trinajstić information content (AvgIpc) is 2.51. The number of rotatable bonds is 8. The number of ketones is 1. The molecule has 1 aromatic carbocycles. The van der Waals surface area contributed by atoms with Gasteiger partial charge in [0.15, 0.2) is 17.3 Å². The third-order valence-electron chi connectivity index (χ3n) is 3.51. The molecule has 0 heterocycles. The van der Waals surface area contributed by atoms with Gasteiger partial charge in [0.1, 0.15) is 5.75 Å². The lowest BCUT2D eigenvalue weighted by Gasteiger charge is -2.22. The molecule has 1 rings (SSSR count). The van der Waals surface area contributed by atoms with Crippen molar-refractivity contribution >= 4 is 5.78 Å². The summed E-state index contributed by atoms with van der Waals surface area (Å²) in [6.45, 7) is 3.90. The zero-order valence-corrected chi connectivity index (χ0v) is 13.6. The summed E-state index contributed by atoms with van der Waals surface area (Å²) >= 11 is 0. The van der Waals surface area contributed by atoms with E-state index in [0.717, 1.165) is 0 Å². The lowest BCUT2D eigenvalue weighted by atomic mass is 9.97. The fourth-order valence-corrected chi connectivity index (χ4v) is 1.90. The average molecular weight is 296 g/mol. The molecule has 21 heavy (non-hydrogen) atoms. The molecule has 0 aromatic heterocycles. The lowest BCUT2D eigenvalue weighted by Crippen LogP contribution is -2.23. The number of benzene rings is 1. The van der Waals surface area contributed by atoms with Gasteiger partial charge in [-0.25, -0.2) is 0 Å². The minimum atomic E-state index is -0.334. The van der Waals surface area contributed by atoms with Gasteiger partial charge in [0.05, 0.1) is 32.5 Å². The van der Waals surface area contributed by atoms with Gasteiger partial charge in [-0.1, -0.05) is 0 Å². The Bertz CT molecular complexity index is 494. The molecule has 0 fully saturated rings. The van der Waals surface area contributed by atoms with Crippen LogP contribution in [0.5, 0.6) is 17.2 Å². The zero-order chi connectivity index (χ0) is 16.0. The van der Waals surface area contributed by atoms with Crippen molar-refractivity contribution in [3.05, 3.63) is 17.7 Å². The SMILES string of the molecule is COc1cc(OC)c(C(=O)CCC(C)(C)OC)cc1OC. The third-order valence-corrected chi connectivity index (χ3v) is 3.51. The van der Waals surface area contributed by atoms with E-state index in [1.54, 1.807) is 26.4 Å². The van der Waals surface area contributed by atoms with E-state index < -0.39 is 0 Å². The van der Waals surface area contributed by atoms with Crippen LogP contribution in [0, 0.1) is 0 Å². The Morgan fingerprint density at radius 3 is 1.95 bits per heavy atom. The van der Waals surface area contributed by atoms with E-state index >= 15 is 0 Å². The second kappa shape index (κ2) is 7.31. The first-order valence-corrected chi connectivity index (χ1v) is 6.77. The number of carbonyl (C=O) groups excluding carboxylic acids is 1. The highest BCUT2D eigenvalue weighted by Gasteiger charge is 2.22. The van der Waals surface area contributed by atoms with E-state index in [9.17, 15) is 4.79 Å². The quantitative estimate of drug-likeness (QED) is 0.690. The van der Waals surface area contributed by atoms with E-state index in [0.29, 0.717) is 35.7 Å². The Kier molecular flexibility index (Phi) is 6.03. The molecule has 1 aromatic rings. The van der Waals surface area contributed by atoms with Crippen LogP contribution in [0.4, 0.5) is 0 Å². The summed E-state index contributed by atoms with van der Waals surface area (Å²) in [5.74, 6) is 1.50. The predicted octanol–water partition coefficient (Wildman–Crippen LogP) is 3.10. The smallest absolute Gasteiger partial charge is 0.166 e. The first kappa shape index (κ1) is 17.3. The molecule has 0 aliphatic rings. The van der Waals surface area contributed by atoms with E-state index in [4.69, 9.17) is 18.9 Å². The number of ether oxygens (including phenoxy) is 4. The fourth-order valence-electron chi connectivity index (χ4n) is 1.90. The van der Waals surface area contributed by atoms with Crippen LogP contribution in [0.15, 0.2) is 12.1 Å². The summed E-state index contributed by atoms with van der Waals surface area (Å²) in [5, 5.41) is 0. The zero-order valence-electron chi connectivity index (χ0n) is 13.6. The maximum Gasteiger partial charge on any atom is 0.166 e. The molecule has 118 valence electrons. The molecule has 0 aliphatic heterocycles. The number of Topliss-reactive ketones (excluding diaryl/α,β-unsaturated/α-hetero) is 1. The lowest BCUT2D eigenvalue weighted by molar-refractivity contribution is 0.0141. The summed E-state index contributed by atoms with van der Waals surface area (Å²) in [5.41, 5.74) is 0.154. The van der Waals surface area contributed by atoms with Gasteiger partial charge in [-0.05, 0) is 26.3 Å². The van der Waals surface area contributed by atoms with E-state index in [1.807, 2.05) is 13.8 Å². The maximum atomic E-state index is 12.4. The number of hydrogen-bond donors (Lipinski definition) is 0. The molecule has 0 N–H and O–H groups in total. The highest BCUT2D eigenvalue weighted by Crippen LogP contribution is 2.35. The number of carbonyl (C=O) groups is 1. The third kappa shape index (κ3) is 4.36. The van der Waals surface area contributed by atoms with Crippen LogP contribution in [0.3, 0.4) is 0 Å². The summed E-state index contributed by atoms with van der Waals surface area (Å²) in [4.78, 5) is 12.4. The first-order chi connectivity index (χ1) is 9.88. The van der Waals surface area contributed by atoms with Gasteiger partial charge in [-0.3, -0.25) is 4.79 Å². The van der Waals surface area contributed by atoms with Gasteiger partial charge in [0.25, 0.3) is 0 Å². The van der Waals surface area contributed by atoms with Crippen LogP contribution in [0.2, 0.25) is 0 Å². The molecule has 5 heteroatoms. The molecule has 0 spiro atoms. The van der Waals surface area contributed by atoms with E-state index in [-0.39, 0.29) is 11.4 Å². The van der Waals surface area contributed by atoms with Crippen LogP contribution in [0.25, 0.3) is 0 Å². The molecule has 0 saturated heterocycles. The molecule has 0 atom stereocenters. The van der Waals surface area contributed by atoms with Crippen molar-refractivity contribution in [3.8, 4) is 17.2 Å². The summed E-state index contributed by atoms with van der Waals surface area (Å²) in [6, 6.07) is 3.31. The normalized spacial score (nSPS) is 11.1. The summed E-state index contributed by atoms with van der Waals surface area (Å²) < 4.78 is 21.1. The van der Waals surface area contributed by atoms with Gasteiger partial charge in [0, 0.05) is 19.6 Å². The van der Waals surface area contributed by atoms with Crippen LogP contribution in [-0.2, 0) is 4.74 Å². The van der Waals surface area contributed by atoms with Crippen LogP contribution >= 0.6 is 0 Å². The standard InChI is InChI=1S/C16H24O5/c1-16(2,21-6)8-7-12(17)11-9-14(19-4)15(20-5)10-13(11)18-3/h9-10H,7-8H2,1-6H3. The Morgan fingerprint density at radius 1 is 0.952 bits per heavy atom. The van der Waals surface area contributed by atoms with Gasteiger partial charge >= 0.3 is 0 Å². The van der Waals surface area contributed by atoms with Crippen molar-refractivity contribution in [2.45, 2.75) is 32.3 Å². The monoisotopic (exact) mass is 296 g/mol. The Morgan fingerprint density at radius 2 is 1.48 bits per heavy atom. The summed E-state index contributed by atoms with van der Waals surface area (Å²) in [6.07, 6.45) is 0.993. The van der Waals surface area contributed by atoms with Gasteiger partial charge in [-0.15, -0.1) is 0 Å². The van der Waals surface area contributed by atoms with Gasteiger partial charge in [-0.2, -0.15) is 0 Å². The molecule has 0 saturated carbocycles. The largest absolute Gasteiger partial charge is 0.496 e. The molecular weight excluding hydrogens is 272 g/mol. The van der Waals surface area contributed by atoms with Gasteiger partial charge in [0.2, 0.25) is 0 Å². The number of methoxy groups -OCH3 is 4. The Hall–Kier alpha value is -1.75. The van der Waals surface area contributed by atoms with Crippen molar-refractivity contribution in [3.63, 3.8) is 0 Å². The molecule has 5 nitrogen and oxygen atoms in total. The molecular formula is C16H24O5. The van der Waals surface area contributed by atoms with Crippen molar-refractivity contribution in [2.24, 2.45) is 0 Å². The number of hydrogen-bond acceptors (Lipinski definition) is 5. The highest BCUT2D eigenvalue weighted by atomic mass is 16.5. The minimum Gasteiger partial charge on any atom is -0.496 e. The topological polar surface area (TPSA) is 54.0 Å². The van der Waals surface area contributed by atoms with E-state index in [1.165, 1.54) is 14.2 Å².